The van der Waals surface area contributed by atoms with Crippen molar-refractivity contribution >= 4 is 5.91 Å². The third kappa shape index (κ3) is 3.05. The van der Waals surface area contributed by atoms with Gasteiger partial charge in [-0.15, -0.1) is 5.10 Å². The Balaban J connectivity index is 2.65. The molecule has 0 unspecified atom stereocenters. The molecule has 1 amide bonds. The first-order valence-corrected chi connectivity index (χ1v) is 5.81. The Bertz CT molecular complexity index is 342. The van der Waals surface area contributed by atoms with Crippen molar-refractivity contribution in [2.24, 2.45) is 0 Å². The van der Waals surface area contributed by atoms with E-state index in [1.165, 1.54) is 0 Å². The number of nitrogens with one attached hydrogen (secondary N) is 2. The van der Waals surface area contributed by atoms with E-state index in [9.17, 15) is 4.79 Å². The molecule has 0 bridgehead atoms. The minimum atomic E-state index is -0.197. The van der Waals surface area contributed by atoms with Crippen LogP contribution in [0.5, 0.6) is 0 Å². The molecule has 1 aromatic rings. The van der Waals surface area contributed by atoms with Crippen molar-refractivity contribution in [3.63, 3.8) is 0 Å². The molecule has 5 nitrogen and oxygen atoms in total. The number of rotatable bonds is 5. The molecule has 0 radical (unpaired) electrons. The fourth-order valence-corrected chi connectivity index (χ4v) is 1.38. The second-order valence-electron chi connectivity index (χ2n) is 4.19. The molecule has 0 atom stereocenters. The van der Waals surface area contributed by atoms with Gasteiger partial charge < -0.3 is 5.32 Å². The fraction of sp³-hybridized carbons (Fsp3) is 0.727. The largest absolute Gasteiger partial charge is 0.347 e. The van der Waals surface area contributed by atoms with Gasteiger partial charge in [-0.2, -0.15) is 0 Å². The van der Waals surface area contributed by atoms with Gasteiger partial charge in [0.15, 0.2) is 0 Å². The highest BCUT2D eigenvalue weighted by molar-refractivity contribution is 5.90. The third-order valence-electron chi connectivity index (χ3n) is 2.57. The molecule has 0 aliphatic carbocycles. The van der Waals surface area contributed by atoms with E-state index in [-0.39, 0.29) is 23.7 Å². The van der Waals surface area contributed by atoms with Crippen molar-refractivity contribution in [2.45, 2.75) is 52.5 Å². The average Bonchev–Trinajstić information content (AvgIpc) is 2.74. The summed E-state index contributed by atoms with van der Waals surface area (Å²) in [5.41, 5.74) is 0. The number of H-pyrrole nitrogens is 1. The van der Waals surface area contributed by atoms with Crippen LogP contribution < -0.4 is 5.32 Å². The van der Waals surface area contributed by atoms with Gasteiger partial charge in [-0.3, -0.25) is 9.89 Å². The van der Waals surface area contributed by atoms with E-state index in [0.717, 1.165) is 18.7 Å². The van der Waals surface area contributed by atoms with Crippen LogP contribution in [0.3, 0.4) is 0 Å². The molecule has 0 aromatic carbocycles. The number of nitrogens with zero attached hydrogens (tertiary/aromatic N) is 2. The van der Waals surface area contributed by atoms with Gasteiger partial charge in [-0.05, 0) is 12.8 Å². The van der Waals surface area contributed by atoms with E-state index in [1.54, 1.807) is 0 Å². The van der Waals surface area contributed by atoms with Crippen LogP contribution in [-0.4, -0.2) is 27.1 Å². The van der Waals surface area contributed by atoms with Crippen molar-refractivity contribution in [1.82, 2.24) is 20.5 Å². The Kier molecular flexibility index (Phi) is 4.46. The third-order valence-corrected chi connectivity index (χ3v) is 2.57. The molecule has 2 N–H and O–H groups in total. The first-order chi connectivity index (χ1) is 7.58. The molecule has 0 aliphatic heterocycles. The first-order valence-electron chi connectivity index (χ1n) is 5.81. The lowest BCUT2D eigenvalue weighted by Crippen LogP contribution is -2.34. The van der Waals surface area contributed by atoms with Crippen LogP contribution >= 0.6 is 0 Å². The fourth-order valence-electron chi connectivity index (χ4n) is 1.38. The number of hydrogen-bond donors (Lipinski definition) is 2. The zero-order valence-corrected chi connectivity index (χ0v) is 10.4. The van der Waals surface area contributed by atoms with Crippen LogP contribution in [0.1, 0.15) is 62.9 Å². The summed E-state index contributed by atoms with van der Waals surface area (Å²) in [4.78, 5) is 15.9. The predicted molar refractivity (Wildman–Crippen MR) is 62.3 cm³/mol. The summed E-state index contributed by atoms with van der Waals surface area (Å²) in [6.45, 7) is 8.10. The Morgan fingerprint density at radius 3 is 2.44 bits per heavy atom. The van der Waals surface area contributed by atoms with E-state index >= 15 is 0 Å². The quantitative estimate of drug-likeness (QED) is 0.801. The maximum Gasteiger partial charge on any atom is 0.291 e. The van der Waals surface area contributed by atoms with E-state index in [4.69, 9.17) is 0 Å². The molecule has 1 aromatic heterocycles. The highest BCUT2D eigenvalue weighted by Gasteiger charge is 2.16. The number of carbonyl (C=O) groups is 1. The molecule has 0 saturated carbocycles. The Labute approximate surface area is 96.0 Å². The molecule has 1 rings (SSSR count). The van der Waals surface area contributed by atoms with Crippen molar-refractivity contribution in [3.8, 4) is 0 Å². The van der Waals surface area contributed by atoms with E-state index in [1.807, 2.05) is 27.7 Å². The summed E-state index contributed by atoms with van der Waals surface area (Å²) in [5.74, 6) is 1.03. The maximum absolute atomic E-state index is 11.8. The Morgan fingerprint density at radius 2 is 2.00 bits per heavy atom. The number of amides is 1. The Hall–Kier alpha value is -1.39. The van der Waals surface area contributed by atoms with Crippen LogP contribution in [0.2, 0.25) is 0 Å². The molecular weight excluding hydrogens is 204 g/mol. The highest BCUT2D eigenvalue weighted by Crippen LogP contribution is 2.07. The van der Waals surface area contributed by atoms with E-state index in [0.29, 0.717) is 0 Å². The van der Waals surface area contributed by atoms with Crippen LogP contribution in [-0.2, 0) is 0 Å². The predicted octanol–water partition coefficient (Wildman–Crippen LogP) is 1.85. The first kappa shape index (κ1) is 12.7. The smallest absolute Gasteiger partial charge is 0.291 e. The molecule has 0 fully saturated rings. The van der Waals surface area contributed by atoms with Crippen molar-refractivity contribution in [2.75, 3.05) is 0 Å². The molecule has 0 aliphatic rings. The molecule has 0 saturated heterocycles. The summed E-state index contributed by atoms with van der Waals surface area (Å²) in [5, 5.41) is 9.59. The number of aromatic amines is 1. The monoisotopic (exact) mass is 224 g/mol. The summed E-state index contributed by atoms with van der Waals surface area (Å²) in [7, 11) is 0. The molecular formula is C11H20N4O. The number of hydrogen-bond acceptors (Lipinski definition) is 3. The van der Waals surface area contributed by atoms with Gasteiger partial charge in [0.2, 0.25) is 5.82 Å². The van der Waals surface area contributed by atoms with Gasteiger partial charge >= 0.3 is 0 Å². The maximum atomic E-state index is 11.8. The summed E-state index contributed by atoms with van der Waals surface area (Å²) < 4.78 is 0. The summed E-state index contributed by atoms with van der Waals surface area (Å²) in [6, 6.07) is 0.202. The van der Waals surface area contributed by atoms with Gasteiger partial charge in [-0.25, -0.2) is 4.98 Å². The normalized spacial score (nSPS) is 11.1. The molecule has 0 spiro atoms. The number of carbonyl (C=O) groups excluding carboxylic acids is 1. The zero-order chi connectivity index (χ0) is 12.1. The molecule has 5 heteroatoms. The van der Waals surface area contributed by atoms with Gasteiger partial charge in [0.05, 0.1) is 0 Å². The topological polar surface area (TPSA) is 70.7 Å². The minimum absolute atomic E-state index is 0.197. The lowest BCUT2D eigenvalue weighted by atomic mass is 10.2. The van der Waals surface area contributed by atoms with Crippen molar-refractivity contribution < 1.29 is 4.79 Å². The lowest BCUT2D eigenvalue weighted by Gasteiger charge is -2.12. The molecule has 16 heavy (non-hydrogen) atoms. The van der Waals surface area contributed by atoms with Gasteiger partial charge in [0.25, 0.3) is 5.91 Å². The van der Waals surface area contributed by atoms with Gasteiger partial charge in [0, 0.05) is 12.0 Å². The minimum Gasteiger partial charge on any atom is -0.347 e. The van der Waals surface area contributed by atoms with Crippen molar-refractivity contribution in [1.29, 1.82) is 0 Å². The molecule has 90 valence electrons. The van der Waals surface area contributed by atoms with Crippen LogP contribution in [0.15, 0.2) is 0 Å². The lowest BCUT2D eigenvalue weighted by molar-refractivity contribution is 0.0924. The average molecular weight is 224 g/mol. The van der Waals surface area contributed by atoms with Crippen LogP contribution in [0.4, 0.5) is 0 Å². The highest BCUT2D eigenvalue weighted by atomic mass is 16.2. The van der Waals surface area contributed by atoms with Crippen LogP contribution in [0.25, 0.3) is 0 Å². The zero-order valence-electron chi connectivity index (χ0n) is 10.4. The summed E-state index contributed by atoms with van der Waals surface area (Å²) in [6.07, 6.45) is 1.84. The van der Waals surface area contributed by atoms with Gasteiger partial charge in [0.1, 0.15) is 5.82 Å². The number of aromatic nitrogens is 3. The second-order valence-corrected chi connectivity index (χ2v) is 4.19. The standard InChI is InChI=1S/C11H20N4O/c1-5-8(6-2)12-11(16)10-13-9(7(3)4)14-15-10/h7-8H,5-6H2,1-4H3,(H,12,16)(H,13,14,15). The van der Waals surface area contributed by atoms with E-state index in [2.05, 4.69) is 20.5 Å². The Morgan fingerprint density at radius 1 is 1.38 bits per heavy atom. The van der Waals surface area contributed by atoms with Gasteiger partial charge in [-0.1, -0.05) is 27.7 Å². The summed E-state index contributed by atoms with van der Waals surface area (Å²) >= 11 is 0. The van der Waals surface area contributed by atoms with E-state index < -0.39 is 0 Å². The SMILES string of the molecule is CCC(CC)NC(=O)c1n[nH]c(C(C)C)n1. The second kappa shape index (κ2) is 5.63. The molecule has 1 heterocycles. The van der Waals surface area contributed by atoms with Crippen LogP contribution in [0, 0.1) is 0 Å². The van der Waals surface area contributed by atoms with Crippen molar-refractivity contribution in [3.05, 3.63) is 11.6 Å².